The summed E-state index contributed by atoms with van der Waals surface area (Å²) in [6, 6.07) is 5.38. The minimum Gasteiger partial charge on any atom is -0.494 e. The van der Waals surface area contributed by atoms with Crippen LogP contribution in [0.4, 0.5) is 4.39 Å². The predicted octanol–water partition coefficient (Wildman–Crippen LogP) is 1.69. The van der Waals surface area contributed by atoms with E-state index in [-0.39, 0.29) is 17.6 Å². The van der Waals surface area contributed by atoms with Gasteiger partial charge in [-0.3, -0.25) is 9.59 Å². The number of hydrazine groups is 2. The molecule has 0 radical (unpaired) electrons. The van der Waals surface area contributed by atoms with E-state index in [2.05, 4.69) is 21.3 Å². The normalized spacial score (nSPS) is 31.3. The molecule has 1 saturated carbocycles. The van der Waals surface area contributed by atoms with E-state index in [1.807, 2.05) is 4.90 Å². The summed E-state index contributed by atoms with van der Waals surface area (Å²) in [7, 11) is 1.43. The molecule has 4 fully saturated rings. The van der Waals surface area contributed by atoms with Crippen molar-refractivity contribution in [3.8, 4) is 5.75 Å². The molecule has 5 rings (SSSR count). The summed E-state index contributed by atoms with van der Waals surface area (Å²) in [6.07, 6.45) is 7.82. The molecule has 1 aliphatic carbocycles. The zero-order valence-electron chi connectivity index (χ0n) is 19.6. The van der Waals surface area contributed by atoms with Gasteiger partial charge in [-0.15, -0.1) is 0 Å². The highest BCUT2D eigenvalue weighted by molar-refractivity contribution is 5.91. The smallest absolute Gasteiger partial charge is 0.246 e. The van der Waals surface area contributed by atoms with Crippen molar-refractivity contribution >= 4 is 17.9 Å². The van der Waals surface area contributed by atoms with E-state index >= 15 is 0 Å². The van der Waals surface area contributed by atoms with Crippen molar-refractivity contribution in [2.75, 3.05) is 33.3 Å². The fraction of sp³-hybridized carbons (Fsp3) is 0.600. The lowest BCUT2D eigenvalue weighted by molar-refractivity contribution is -0.136. The number of carbonyl (C=O) groups excluding carboxylic acids is 2. The molecule has 3 unspecified atom stereocenters. The van der Waals surface area contributed by atoms with E-state index in [1.54, 1.807) is 18.2 Å². The number of methoxy groups -OCH3 is 1. The zero-order valence-corrected chi connectivity index (χ0v) is 19.6. The van der Waals surface area contributed by atoms with Crippen LogP contribution in [0.2, 0.25) is 0 Å². The van der Waals surface area contributed by atoms with E-state index in [0.717, 1.165) is 45.2 Å². The van der Waals surface area contributed by atoms with Gasteiger partial charge in [-0.1, -0.05) is 6.07 Å². The Bertz CT molecular complexity index is 940. The Kier molecular flexibility index (Phi) is 6.85. The third kappa shape index (κ3) is 4.82. The van der Waals surface area contributed by atoms with Gasteiger partial charge in [0.1, 0.15) is 0 Å². The standard InChI is InChI=1S/C25H34FN5O3/c1-34-23-6-2-16(12-20(23)26)3-7-24(32)30-10-8-18-14-31(15-19(18)9-11-30)25(33)17-4-5-21-22(13-17)28-29-27-21/h2-3,6-7,12,17-19,21-22,27-29H,4-5,8-11,13-15H2,1H3/b7-3+/t17?,18-,19+,21?,22?. The lowest BCUT2D eigenvalue weighted by atomic mass is 9.82. The quantitative estimate of drug-likeness (QED) is 0.580. The Morgan fingerprint density at radius 2 is 1.76 bits per heavy atom. The van der Waals surface area contributed by atoms with Crippen LogP contribution in [0.25, 0.3) is 6.08 Å². The molecule has 0 spiro atoms. The first-order valence-electron chi connectivity index (χ1n) is 12.4. The number of hydrogen-bond acceptors (Lipinski definition) is 6. The van der Waals surface area contributed by atoms with Crippen LogP contribution in [0.1, 0.15) is 37.7 Å². The SMILES string of the molecule is COc1ccc(/C=C/C(=O)N2CC[C@@H]3CN(C(=O)C4CCC5NNNC5C4)C[C@@H]3CC2)cc1F. The summed E-state index contributed by atoms with van der Waals surface area (Å²) in [5, 5.41) is 0. The number of amides is 2. The average molecular weight is 472 g/mol. The highest BCUT2D eigenvalue weighted by Gasteiger charge is 2.42. The van der Waals surface area contributed by atoms with Gasteiger partial charge in [0, 0.05) is 50.3 Å². The topological polar surface area (TPSA) is 85.9 Å². The van der Waals surface area contributed by atoms with Gasteiger partial charge in [0.25, 0.3) is 0 Å². The van der Waals surface area contributed by atoms with Gasteiger partial charge in [0.15, 0.2) is 11.6 Å². The van der Waals surface area contributed by atoms with Crippen LogP contribution in [0, 0.1) is 23.6 Å². The number of nitrogens with zero attached hydrogens (tertiary/aromatic N) is 2. The van der Waals surface area contributed by atoms with E-state index in [1.165, 1.54) is 19.3 Å². The monoisotopic (exact) mass is 471 g/mol. The molecule has 2 amide bonds. The average Bonchev–Trinajstić information content (AvgIpc) is 3.44. The second kappa shape index (κ2) is 10.0. The number of hydrogen-bond donors (Lipinski definition) is 3. The molecule has 0 aromatic heterocycles. The number of nitrogens with one attached hydrogen (secondary N) is 3. The van der Waals surface area contributed by atoms with Crippen molar-refractivity contribution in [2.45, 2.75) is 44.2 Å². The first-order valence-corrected chi connectivity index (χ1v) is 12.4. The molecule has 1 aromatic carbocycles. The van der Waals surface area contributed by atoms with E-state index in [0.29, 0.717) is 48.5 Å². The maximum absolute atomic E-state index is 13.9. The summed E-state index contributed by atoms with van der Waals surface area (Å²) in [5.41, 5.74) is 10.1. The van der Waals surface area contributed by atoms with Gasteiger partial charge in [0.05, 0.1) is 7.11 Å². The van der Waals surface area contributed by atoms with Gasteiger partial charge in [-0.25, -0.2) is 15.2 Å². The summed E-state index contributed by atoms with van der Waals surface area (Å²) in [4.78, 5) is 30.0. The van der Waals surface area contributed by atoms with Crippen LogP contribution in [0.5, 0.6) is 5.75 Å². The minimum atomic E-state index is -0.445. The maximum atomic E-state index is 13.9. The van der Waals surface area contributed by atoms with E-state index in [9.17, 15) is 14.0 Å². The molecule has 184 valence electrons. The van der Waals surface area contributed by atoms with Crippen LogP contribution in [0.3, 0.4) is 0 Å². The number of halogens is 1. The summed E-state index contributed by atoms with van der Waals surface area (Å²) in [5.74, 6) is 1.00. The highest BCUT2D eigenvalue weighted by atomic mass is 19.1. The fourth-order valence-electron chi connectivity index (χ4n) is 6.02. The molecular weight excluding hydrogens is 437 g/mol. The molecule has 34 heavy (non-hydrogen) atoms. The van der Waals surface area contributed by atoms with E-state index < -0.39 is 5.82 Å². The Labute approximate surface area is 199 Å². The number of ether oxygens (including phenoxy) is 1. The summed E-state index contributed by atoms with van der Waals surface area (Å²) < 4.78 is 18.8. The largest absolute Gasteiger partial charge is 0.494 e. The fourth-order valence-corrected chi connectivity index (χ4v) is 6.02. The molecular formula is C25H34FN5O3. The second-order valence-corrected chi connectivity index (χ2v) is 10.0. The Morgan fingerprint density at radius 3 is 2.47 bits per heavy atom. The molecule has 3 saturated heterocycles. The van der Waals surface area contributed by atoms with Gasteiger partial charge in [-0.2, -0.15) is 5.53 Å². The van der Waals surface area contributed by atoms with Crippen molar-refractivity contribution in [2.24, 2.45) is 17.8 Å². The Balaban J connectivity index is 1.13. The summed E-state index contributed by atoms with van der Waals surface area (Å²) >= 11 is 0. The molecule has 9 heteroatoms. The molecule has 0 bridgehead atoms. The molecule has 3 heterocycles. The lowest BCUT2D eigenvalue weighted by Gasteiger charge is -2.32. The third-order valence-electron chi connectivity index (χ3n) is 8.05. The van der Waals surface area contributed by atoms with Crippen LogP contribution >= 0.6 is 0 Å². The van der Waals surface area contributed by atoms with Gasteiger partial charge in [0.2, 0.25) is 11.8 Å². The highest BCUT2D eigenvalue weighted by Crippen LogP contribution is 2.35. The molecule has 4 aliphatic rings. The number of benzene rings is 1. The van der Waals surface area contributed by atoms with Crippen molar-refractivity contribution in [1.82, 2.24) is 26.2 Å². The minimum absolute atomic E-state index is 0.0489. The number of carbonyl (C=O) groups is 2. The Morgan fingerprint density at radius 1 is 1.03 bits per heavy atom. The van der Waals surface area contributed by atoms with E-state index in [4.69, 9.17) is 4.74 Å². The molecule has 5 atom stereocenters. The zero-order chi connectivity index (χ0) is 23.7. The molecule has 1 aromatic rings. The molecule has 3 N–H and O–H groups in total. The first-order chi connectivity index (χ1) is 16.5. The van der Waals surface area contributed by atoms with Crippen molar-refractivity contribution in [1.29, 1.82) is 0 Å². The number of likely N-dealkylation sites (tertiary alicyclic amines) is 2. The van der Waals surface area contributed by atoms with Crippen LogP contribution in [-0.2, 0) is 9.59 Å². The third-order valence-corrected chi connectivity index (χ3v) is 8.05. The van der Waals surface area contributed by atoms with Crippen LogP contribution < -0.4 is 21.1 Å². The second-order valence-electron chi connectivity index (χ2n) is 10.0. The van der Waals surface area contributed by atoms with Gasteiger partial charge < -0.3 is 14.5 Å². The van der Waals surface area contributed by atoms with Crippen LogP contribution in [-0.4, -0.2) is 67.0 Å². The number of fused-ring (bicyclic) bond motifs is 2. The van der Waals surface area contributed by atoms with Crippen molar-refractivity contribution < 1.29 is 18.7 Å². The maximum Gasteiger partial charge on any atom is 0.246 e. The summed E-state index contributed by atoms with van der Waals surface area (Å²) in [6.45, 7) is 3.00. The Hall–Kier alpha value is -2.49. The first kappa shape index (κ1) is 23.3. The molecule has 3 aliphatic heterocycles. The van der Waals surface area contributed by atoms with Crippen molar-refractivity contribution in [3.05, 3.63) is 35.7 Å². The number of rotatable bonds is 4. The van der Waals surface area contributed by atoms with Crippen molar-refractivity contribution in [3.63, 3.8) is 0 Å². The van der Waals surface area contributed by atoms with Gasteiger partial charge in [-0.05, 0) is 67.7 Å². The molecule has 8 nitrogen and oxygen atoms in total. The van der Waals surface area contributed by atoms with Gasteiger partial charge >= 0.3 is 0 Å². The van der Waals surface area contributed by atoms with Crippen LogP contribution in [0.15, 0.2) is 24.3 Å². The lowest BCUT2D eigenvalue weighted by Crippen LogP contribution is -2.45. The predicted molar refractivity (Wildman–Crippen MR) is 126 cm³/mol.